The Hall–Kier alpha value is -1.06. The van der Waals surface area contributed by atoms with Crippen LogP contribution in [0, 0.1) is 0 Å². The summed E-state index contributed by atoms with van der Waals surface area (Å²) in [5.41, 5.74) is 0. The van der Waals surface area contributed by atoms with Gasteiger partial charge in [0.05, 0.1) is 6.54 Å². The molecule has 0 unspecified atom stereocenters. The van der Waals surface area contributed by atoms with Crippen molar-refractivity contribution in [3.8, 4) is 0 Å². The van der Waals surface area contributed by atoms with Crippen LogP contribution >= 0.6 is 0 Å². The van der Waals surface area contributed by atoms with E-state index < -0.39 is 0 Å². The molecule has 0 aromatic rings. The summed E-state index contributed by atoms with van der Waals surface area (Å²) in [6.07, 6.45) is 0.640. The Kier molecular flexibility index (Phi) is 3.43. The number of nitrogens with zero attached hydrogens (tertiary/aromatic N) is 1. The van der Waals surface area contributed by atoms with Gasteiger partial charge >= 0.3 is 6.03 Å². The summed E-state index contributed by atoms with van der Waals surface area (Å²) in [4.78, 5) is 21.6. The quantitative estimate of drug-likeness (QED) is 0.510. The maximum absolute atomic E-state index is 10.6. The van der Waals surface area contributed by atoms with Gasteiger partial charge in [-0.25, -0.2) is 4.79 Å². The van der Waals surface area contributed by atoms with Crippen molar-refractivity contribution < 1.29 is 9.59 Å². The van der Waals surface area contributed by atoms with Crippen LogP contribution in [-0.4, -0.2) is 37.9 Å². The van der Waals surface area contributed by atoms with Crippen LogP contribution in [0.1, 0.15) is 0 Å². The topological polar surface area (TPSA) is 49.4 Å². The van der Waals surface area contributed by atoms with Crippen LogP contribution in [0.15, 0.2) is 0 Å². The minimum absolute atomic E-state index is 0.0804. The van der Waals surface area contributed by atoms with Gasteiger partial charge in [-0.2, -0.15) is 0 Å². The second-order valence-electron chi connectivity index (χ2n) is 1.75. The van der Waals surface area contributed by atoms with Gasteiger partial charge in [0.15, 0.2) is 0 Å². The average molecular weight is 130 g/mol. The summed E-state index contributed by atoms with van der Waals surface area (Å²) in [7, 11) is 3.22. The number of rotatable bonds is 2. The molecule has 0 saturated carbocycles. The smallest absolute Gasteiger partial charge is 0.317 e. The van der Waals surface area contributed by atoms with E-state index in [1.165, 1.54) is 4.90 Å². The molecule has 0 spiro atoms. The fourth-order valence-corrected chi connectivity index (χ4v) is 0.287. The van der Waals surface area contributed by atoms with Crippen molar-refractivity contribution >= 4 is 12.3 Å². The molecule has 0 aliphatic carbocycles. The number of hydrogen-bond donors (Lipinski definition) is 1. The normalized spacial score (nSPS) is 8.22. The fourth-order valence-electron chi connectivity index (χ4n) is 0.287. The molecule has 52 valence electrons. The first-order chi connectivity index (χ1) is 4.18. The molecule has 0 aromatic heterocycles. The second-order valence-corrected chi connectivity index (χ2v) is 1.75. The first kappa shape index (κ1) is 7.94. The van der Waals surface area contributed by atoms with Crippen LogP contribution in [0.4, 0.5) is 4.79 Å². The molecule has 9 heavy (non-hydrogen) atoms. The zero-order chi connectivity index (χ0) is 7.28. The Bertz CT molecular complexity index is 112. The Morgan fingerprint density at radius 1 is 1.67 bits per heavy atom. The summed E-state index contributed by atoms with van der Waals surface area (Å²) < 4.78 is 0. The van der Waals surface area contributed by atoms with Crippen LogP contribution in [-0.2, 0) is 4.79 Å². The Morgan fingerprint density at radius 3 is 2.56 bits per heavy atom. The van der Waals surface area contributed by atoms with Gasteiger partial charge in [0.2, 0.25) is 0 Å². The third-order valence-electron chi connectivity index (χ3n) is 0.743. The first-order valence-corrected chi connectivity index (χ1v) is 2.57. The Labute approximate surface area is 53.8 Å². The van der Waals surface area contributed by atoms with Crippen molar-refractivity contribution in [2.45, 2.75) is 0 Å². The van der Waals surface area contributed by atoms with E-state index in [9.17, 15) is 9.59 Å². The third-order valence-corrected chi connectivity index (χ3v) is 0.743. The highest BCUT2D eigenvalue weighted by molar-refractivity contribution is 5.75. The Morgan fingerprint density at radius 2 is 2.22 bits per heavy atom. The van der Waals surface area contributed by atoms with Gasteiger partial charge in [-0.3, -0.25) is 0 Å². The molecule has 4 nitrogen and oxygen atoms in total. The minimum Gasteiger partial charge on any atom is -0.331 e. The highest BCUT2D eigenvalue weighted by Gasteiger charge is 1.98. The molecule has 2 amide bonds. The summed E-state index contributed by atoms with van der Waals surface area (Å²) in [5.74, 6) is 0. The van der Waals surface area contributed by atoms with Crippen molar-refractivity contribution in [2.24, 2.45) is 0 Å². The summed E-state index contributed by atoms with van der Waals surface area (Å²) in [5, 5.41) is 2.35. The van der Waals surface area contributed by atoms with Gasteiger partial charge in [-0.15, -0.1) is 0 Å². The van der Waals surface area contributed by atoms with Crippen molar-refractivity contribution in [2.75, 3.05) is 20.6 Å². The molecule has 0 aliphatic heterocycles. The lowest BCUT2D eigenvalue weighted by Crippen LogP contribution is -2.35. The van der Waals surface area contributed by atoms with Crippen molar-refractivity contribution in [1.29, 1.82) is 0 Å². The molecule has 0 heterocycles. The van der Waals surface area contributed by atoms with E-state index in [1.807, 2.05) is 0 Å². The minimum atomic E-state index is -0.248. The molecule has 0 rings (SSSR count). The molecule has 0 fully saturated rings. The second kappa shape index (κ2) is 3.88. The monoisotopic (exact) mass is 130 g/mol. The third kappa shape index (κ3) is 3.52. The van der Waals surface area contributed by atoms with Crippen molar-refractivity contribution in [1.82, 2.24) is 10.2 Å². The van der Waals surface area contributed by atoms with Crippen LogP contribution in [0.3, 0.4) is 0 Å². The lowest BCUT2D eigenvalue weighted by Gasteiger charge is -2.08. The molecule has 0 atom stereocenters. The molecule has 1 N–H and O–H groups in total. The standard InChI is InChI=1S/C5H10N2O2/c1-7(2)5(9)6-3-4-8/h4H,3H2,1-2H3,(H,6,9). The number of hydrogen-bond acceptors (Lipinski definition) is 2. The molecule has 0 bridgehead atoms. The van der Waals surface area contributed by atoms with Gasteiger partial charge in [-0.1, -0.05) is 0 Å². The van der Waals surface area contributed by atoms with E-state index in [-0.39, 0.29) is 12.6 Å². The van der Waals surface area contributed by atoms with Gasteiger partial charge in [0, 0.05) is 14.1 Å². The zero-order valence-corrected chi connectivity index (χ0v) is 5.55. The first-order valence-electron chi connectivity index (χ1n) is 2.57. The van der Waals surface area contributed by atoms with Crippen LogP contribution in [0.2, 0.25) is 0 Å². The van der Waals surface area contributed by atoms with E-state index in [1.54, 1.807) is 14.1 Å². The van der Waals surface area contributed by atoms with E-state index >= 15 is 0 Å². The number of aldehydes is 1. The van der Waals surface area contributed by atoms with Crippen molar-refractivity contribution in [3.05, 3.63) is 0 Å². The van der Waals surface area contributed by atoms with E-state index in [0.717, 1.165) is 0 Å². The molecule has 0 aliphatic rings. The molecule has 0 aromatic carbocycles. The number of amides is 2. The van der Waals surface area contributed by atoms with Gasteiger partial charge in [0.1, 0.15) is 6.29 Å². The number of nitrogens with one attached hydrogen (secondary N) is 1. The van der Waals surface area contributed by atoms with E-state index in [2.05, 4.69) is 5.32 Å². The summed E-state index contributed by atoms with van der Waals surface area (Å²) in [6, 6.07) is -0.248. The zero-order valence-electron chi connectivity index (χ0n) is 5.55. The largest absolute Gasteiger partial charge is 0.331 e. The molecular weight excluding hydrogens is 120 g/mol. The van der Waals surface area contributed by atoms with Gasteiger partial charge < -0.3 is 15.0 Å². The molecule has 0 radical (unpaired) electrons. The fraction of sp³-hybridized carbons (Fsp3) is 0.600. The highest BCUT2D eigenvalue weighted by Crippen LogP contribution is 1.72. The van der Waals surface area contributed by atoms with E-state index in [4.69, 9.17) is 0 Å². The molecule has 0 saturated heterocycles. The summed E-state index contributed by atoms with van der Waals surface area (Å²) in [6.45, 7) is 0.0804. The highest BCUT2D eigenvalue weighted by atomic mass is 16.2. The van der Waals surface area contributed by atoms with Gasteiger partial charge in [-0.05, 0) is 0 Å². The average Bonchev–Trinajstić information content (AvgIpc) is 1.82. The molecule has 4 heteroatoms. The SMILES string of the molecule is CN(C)C(=O)NCC=O. The molecular formula is C5H10N2O2. The van der Waals surface area contributed by atoms with E-state index in [0.29, 0.717) is 6.29 Å². The van der Waals surface area contributed by atoms with Crippen molar-refractivity contribution in [3.63, 3.8) is 0 Å². The number of urea groups is 1. The number of carbonyl (C=O) groups excluding carboxylic acids is 2. The maximum atomic E-state index is 10.6. The lowest BCUT2D eigenvalue weighted by atomic mass is 10.7. The van der Waals surface area contributed by atoms with Crippen LogP contribution < -0.4 is 5.32 Å². The predicted octanol–water partition coefficient (Wildman–Crippen LogP) is -0.544. The maximum Gasteiger partial charge on any atom is 0.317 e. The number of carbonyl (C=O) groups is 2. The van der Waals surface area contributed by atoms with Crippen LogP contribution in [0.25, 0.3) is 0 Å². The predicted molar refractivity (Wildman–Crippen MR) is 33.1 cm³/mol. The van der Waals surface area contributed by atoms with Gasteiger partial charge in [0.25, 0.3) is 0 Å². The van der Waals surface area contributed by atoms with Crippen LogP contribution in [0.5, 0.6) is 0 Å². The summed E-state index contributed by atoms with van der Waals surface area (Å²) >= 11 is 0. The lowest BCUT2D eigenvalue weighted by molar-refractivity contribution is -0.107. The Balaban J connectivity index is 3.38.